The number of halogens is 4. The smallest absolute Gasteiger partial charge is 0.269 e. The Kier molecular flexibility index (Phi) is 6.61. The molecule has 6 nitrogen and oxygen atoms in total. The summed E-state index contributed by atoms with van der Waals surface area (Å²) in [6.07, 6.45) is 3.36. The summed E-state index contributed by atoms with van der Waals surface area (Å²) in [6.45, 7) is 0.758. The quantitative estimate of drug-likeness (QED) is 0.419. The van der Waals surface area contributed by atoms with E-state index < -0.39 is 44.9 Å². The number of hydrazine groups is 1. The van der Waals surface area contributed by atoms with Crippen molar-refractivity contribution in [2.24, 2.45) is 0 Å². The van der Waals surface area contributed by atoms with Gasteiger partial charge in [0.05, 0.1) is 4.90 Å². The van der Waals surface area contributed by atoms with Crippen LogP contribution >= 0.6 is 0 Å². The maximum atomic E-state index is 13.7. The predicted octanol–water partition coefficient (Wildman–Crippen LogP) is 3.56. The molecule has 1 aliphatic heterocycles. The van der Waals surface area contributed by atoms with Gasteiger partial charge in [-0.15, -0.1) is 0 Å². The summed E-state index contributed by atoms with van der Waals surface area (Å²) in [6, 6.07) is 5.14. The first-order valence-corrected chi connectivity index (χ1v) is 10.7. The zero-order chi connectivity index (χ0) is 21.9. The van der Waals surface area contributed by atoms with E-state index in [2.05, 4.69) is 0 Å². The Hall–Kier alpha value is -2.66. The molecule has 2 aromatic carbocycles. The van der Waals surface area contributed by atoms with Crippen molar-refractivity contribution in [1.29, 1.82) is 0 Å². The van der Waals surface area contributed by atoms with Crippen LogP contribution in [0.15, 0.2) is 35.2 Å². The number of hydrogen-bond donors (Lipinski definition) is 2. The third-order valence-electron chi connectivity index (χ3n) is 4.71. The Balaban J connectivity index is 1.79. The number of anilines is 1. The lowest BCUT2D eigenvalue weighted by molar-refractivity contribution is 0.0962. The number of carbonyl (C=O) groups is 1. The molecule has 1 heterocycles. The molecule has 11 heteroatoms. The van der Waals surface area contributed by atoms with E-state index in [4.69, 9.17) is 0 Å². The molecule has 3 rings (SSSR count). The molecular formula is C19H19F4N3O3S. The largest absolute Gasteiger partial charge is 0.293 e. The zero-order valence-corrected chi connectivity index (χ0v) is 16.5. The van der Waals surface area contributed by atoms with Gasteiger partial charge < -0.3 is 0 Å². The molecule has 0 aliphatic carbocycles. The molecule has 0 radical (unpaired) electrons. The van der Waals surface area contributed by atoms with Crippen molar-refractivity contribution in [1.82, 2.24) is 9.73 Å². The first-order chi connectivity index (χ1) is 14.2. The zero-order valence-electron chi connectivity index (χ0n) is 15.7. The fraction of sp³-hybridized carbons (Fsp3) is 0.316. The molecule has 0 saturated carbocycles. The van der Waals surface area contributed by atoms with Gasteiger partial charge in [-0.3, -0.25) is 15.6 Å². The van der Waals surface area contributed by atoms with Gasteiger partial charge >= 0.3 is 0 Å². The lowest BCUT2D eigenvalue weighted by Crippen LogP contribution is -2.33. The summed E-state index contributed by atoms with van der Waals surface area (Å²) in [5.74, 6) is -7.67. The van der Waals surface area contributed by atoms with Crippen LogP contribution in [-0.4, -0.2) is 31.7 Å². The standard InChI is InChI=1S/C19H19F4N3O3S/c20-14-11-15(21)17(23)18(16(14)22)24-25-19(27)12-6-5-7-13(10-12)30(28,29)26-8-3-1-2-4-9-26/h5-7,10-11,24H,1-4,8-9H2,(H,25,27). The van der Waals surface area contributed by atoms with Crippen LogP contribution in [0.2, 0.25) is 0 Å². The van der Waals surface area contributed by atoms with Crippen LogP contribution in [0.1, 0.15) is 36.0 Å². The van der Waals surface area contributed by atoms with Gasteiger partial charge in [-0.05, 0) is 31.0 Å². The van der Waals surface area contributed by atoms with Gasteiger partial charge in [-0.25, -0.2) is 26.0 Å². The van der Waals surface area contributed by atoms with Crippen LogP contribution in [0.3, 0.4) is 0 Å². The van der Waals surface area contributed by atoms with Crippen LogP contribution in [0.25, 0.3) is 0 Å². The van der Waals surface area contributed by atoms with E-state index in [0.717, 1.165) is 31.7 Å². The molecule has 1 fully saturated rings. The minimum atomic E-state index is -3.82. The fourth-order valence-electron chi connectivity index (χ4n) is 3.10. The summed E-state index contributed by atoms with van der Waals surface area (Å²) >= 11 is 0. The number of sulfonamides is 1. The third-order valence-corrected chi connectivity index (χ3v) is 6.61. The Morgan fingerprint density at radius 3 is 2.10 bits per heavy atom. The van der Waals surface area contributed by atoms with Crippen molar-refractivity contribution in [2.45, 2.75) is 30.6 Å². The summed E-state index contributed by atoms with van der Waals surface area (Å²) < 4.78 is 80.9. The van der Waals surface area contributed by atoms with E-state index in [1.54, 1.807) is 5.43 Å². The predicted molar refractivity (Wildman–Crippen MR) is 101 cm³/mol. The number of rotatable bonds is 5. The summed E-state index contributed by atoms with van der Waals surface area (Å²) in [5, 5.41) is 0. The van der Waals surface area contributed by atoms with Crippen molar-refractivity contribution >= 4 is 21.6 Å². The number of nitrogens with one attached hydrogen (secondary N) is 2. The molecule has 30 heavy (non-hydrogen) atoms. The molecule has 1 aliphatic rings. The highest BCUT2D eigenvalue weighted by Crippen LogP contribution is 2.24. The van der Waals surface area contributed by atoms with Crippen LogP contribution in [0, 0.1) is 23.3 Å². The van der Waals surface area contributed by atoms with Crippen LogP contribution in [-0.2, 0) is 10.0 Å². The van der Waals surface area contributed by atoms with Gasteiger partial charge in [0.15, 0.2) is 23.3 Å². The van der Waals surface area contributed by atoms with Gasteiger partial charge in [0.2, 0.25) is 10.0 Å². The highest BCUT2D eigenvalue weighted by Gasteiger charge is 2.26. The Bertz CT molecular complexity index is 1030. The van der Waals surface area contributed by atoms with Crippen LogP contribution < -0.4 is 10.9 Å². The minimum Gasteiger partial charge on any atom is -0.293 e. The lowest BCUT2D eigenvalue weighted by Gasteiger charge is -2.20. The number of amides is 1. The second-order valence-electron chi connectivity index (χ2n) is 6.77. The van der Waals surface area contributed by atoms with Crippen LogP contribution in [0.5, 0.6) is 0 Å². The van der Waals surface area contributed by atoms with Crippen molar-refractivity contribution in [2.75, 3.05) is 18.5 Å². The summed E-state index contributed by atoms with van der Waals surface area (Å²) in [5.41, 5.74) is 2.37. The topological polar surface area (TPSA) is 78.5 Å². The van der Waals surface area contributed by atoms with Crippen molar-refractivity contribution in [3.05, 3.63) is 59.2 Å². The molecule has 0 bridgehead atoms. The molecule has 1 amide bonds. The van der Waals surface area contributed by atoms with Gasteiger partial charge in [0, 0.05) is 24.7 Å². The fourth-order valence-corrected chi connectivity index (χ4v) is 4.67. The van der Waals surface area contributed by atoms with Crippen molar-refractivity contribution < 1.29 is 30.8 Å². The monoisotopic (exact) mass is 445 g/mol. The van der Waals surface area contributed by atoms with Gasteiger partial charge in [0.1, 0.15) is 5.69 Å². The van der Waals surface area contributed by atoms with Crippen molar-refractivity contribution in [3.63, 3.8) is 0 Å². The molecular weight excluding hydrogens is 426 g/mol. The summed E-state index contributed by atoms with van der Waals surface area (Å²) in [7, 11) is -3.82. The molecule has 2 N–H and O–H groups in total. The minimum absolute atomic E-state index is 0.0365. The van der Waals surface area contributed by atoms with Gasteiger partial charge in [0.25, 0.3) is 5.91 Å². The summed E-state index contributed by atoms with van der Waals surface area (Å²) in [4.78, 5) is 12.2. The van der Waals surface area contributed by atoms with E-state index in [9.17, 15) is 30.8 Å². The third kappa shape index (κ3) is 4.57. The number of nitrogens with zero attached hydrogens (tertiary/aromatic N) is 1. The van der Waals surface area contributed by atoms with E-state index in [-0.39, 0.29) is 16.5 Å². The van der Waals surface area contributed by atoms with E-state index in [0.29, 0.717) is 13.1 Å². The van der Waals surface area contributed by atoms with E-state index >= 15 is 0 Å². The Morgan fingerprint density at radius 1 is 0.900 bits per heavy atom. The molecule has 162 valence electrons. The van der Waals surface area contributed by atoms with Gasteiger partial charge in [-0.2, -0.15) is 4.31 Å². The van der Waals surface area contributed by atoms with E-state index in [1.807, 2.05) is 5.43 Å². The lowest BCUT2D eigenvalue weighted by atomic mass is 10.2. The molecule has 0 unspecified atom stereocenters. The maximum Gasteiger partial charge on any atom is 0.269 e. The van der Waals surface area contributed by atoms with Crippen molar-refractivity contribution in [3.8, 4) is 0 Å². The normalized spacial score (nSPS) is 15.5. The average Bonchev–Trinajstić information content (AvgIpc) is 3.02. The highest BCUT2D eigenvalue weighted by atomic mass is 32.2. The molecule has 2 aromatic rings. The highest BCUT2D eigenvalue weighted by molar-refractivity contribution is 7.89. The molecule has 0 spiro atoms. The average molecular weight is 445 g/mol. The van der Waals surface area contributed by atoms with Gasteiger partial charge in [-0.1, -0.05) is 18.9 Å². The maximum absolute atomic E-state index is 13.7. The molecule has 1 saturated heterocycles. The second kappa shape index (κ2) is 9.00. The Morgan fingerprint density at radius 2 is 1.50 bits per heavy atom. The van der Waals surface area contributed by atoms with E-state index in [1.165, 1.54) is 22.5 Å². The first kappa shape index (κ1) is 22.0. The second-order valence-corrected chi connectivity index (χ2v) is 8.71. The molecule has 0 atom stereocenters. The molecule has 0 aromatic heterocycles. The first-order valence-electron chi connectivity index (χ1n) is 9.21. The Labute approximate surface area is 170 Å². The number of carbonyl (C=O) groups excluding carboxylic acids is 1. The van der Waals surface area contributed by atoms with Crippen LogP contribution in [0.4, 0.5) is 23.2 Å². The SMILES string of the molecule is O=C(NNc1c(F)c(F)cc(F)c1F)c1cccc(S(=O)(=O)N2CCCCCC2)c1. The number of benzene rings is 2. The number of hydrogen-bond acceptors (Lipinski definition) is 4.